The average Bonchev–Trinajstić information content (AvgIpc) is 2.19. The Kier molecular flexibility index (Phi) is 4.15. The number of aryl methyl sites for hydroxylation is 1. The Bertz CT molecular complexity index is 291. The van der Waals surface area contributed by atoms with Gasteiger partial charge in [0, 0.05) is 6.61 Å². The summed E-state index contributed by atoms with van der Waals surface area (Å²) in [4.78, 5) is 0. The Labute approximate surface area is 86.8 Å². The SMILES string of the molecule is CCC(CCO)c1cccc(C)c1C. The Morgan fingerprint density at radius 3 is 2.57 bits per heavy atom. The van der Waals surface area contributed by atoms with Gasteiger partial charge in [-0.05, 0) is 49.3 Å². The molecule has 0 bridgehead atoms. The standard InChI is InChI=1S/C13H20O/c1-4-12(8-9-14)13-7-5-6-10(2)11(13)3/h5-7,12,14H,4,8-9H2,1-3H3. The van der Waals surface area contributed by atoms with Crippen molar-refractivity contribution in [2.45, 2.75) is 39.5 Å². The van der Waals surface area contributed by atoms with E-state index in [1.54, 1.807) is 0 Å². The van der Waals surface area contributed by atoms with Crippen LogP contribution in [0.2, 0.25) is 0 Å². The van der Waals surface area contributed by atoms with Crippen molar-refractivity contribution in [1.82, 2.24) is 0 Å². The fraction of sp³-hybridized carbons (Fsp3) is 0.538. The van der Waals surface area contributed by atoms with Crippen LogP contribution in [0.15, 0.2) is 18.2 Å². The molecule has 0 heterocycles. The number of rotatable bonds is 4. The van der Waals surface area contributed by atoms with Crippen LogP contribution in [0.25, 0.3) is 0 Å². The molecule has 0 fully saturated rings. The lowest BCUT2D eigenvalue weighted by atomic mass is 9.88. The maximum absolute atomic E-state index is 8.99. The van der Waals surface area contributed by atoms with E-state index in [-0.39, 0.29) is 6.61 Å². The summed E-state index contributed by atoms with van der Waals surface area (Å²) in [6.45, 7) is 6.78. The molecule has 0 saturated carbocycles. The first-order chi connectivity index (χ1) is 6.70. The molecule has 1 unspecified atom stereocenters. The van der Waals surface area contributed by atoms with Gasteiger partial charge in [-0.2, -0.15) is 0 Å². The smallest absolute Gasteiger partial charge is 0.0436 e. The molecular formula is C13H20O. The molecule has 1 rings (SSSR count). The van der Waals surface area contributed by atoms with Crippen molar-refractivity contribution >= 4 is 0 Å². The Balaban J connectivity index is 2.97. The lowest BCUT2D eigenvalue weighted by molar-refractivity contribution is 0.274. The van der Waals surface area contributed by atoms with E-state index in [1.807, 2.05) is 0 Å². The molecular weight excluding hydrogens is 172 g/mol. The van der Waals surface area contributed by atoms with E-state index in [9.17, 15) is 0 Å². The topological polar surface area (TPSA) is 20.2 Å². The third-order valence-corrected chi connectivity index (χ3v) is 3.06. The van der Waals surface area contributed by atoms with Crippen LogP contribution >= 0.6 is 0 Å². The molecule has 1 aromatic carbocycles. The van der Waals surface area contributed by atoms with Gasteiger partial charge >= 0.3 is 0 Å². The summed E-state index contributed by atoms with van der Waals surface area (Å²) >= 11 is 0. The van der Waals surface area contributed by atoms with Gasteiger partial charge in [0.25, 0.3) is 0 Å². The minimum atomic E-state index is 0.284. The summed E-state index contributed by atoms with van der Waals surface area (Å²) in [5.41, 5.74) is 4.13. The number of aliphatic hydroxyl groups excluding tert-OH is 1. The van der Waals surface area contributed by atoms with Crippen LogP contribution in [0, 0.1) is 13.8 Å². The molecule has 1 heteroatoms. The van der Waals surface area contributed by atoms with Gasteiger partial charge in [-0.15, -0.1) is 0 Å². The third-order valence-electron chi connectivity index (χ3n) is 3.06. The van der Waals surface area contributed by atoms with Crippen molar-refractivity contribution in [3.05, 3.63) is 34.9 Å². The zero-order valence-corrected chi connectivity index (χ0v) is 9.38. The number of benzene rings is 1. The molecule has 0 aliphatic heterocycles. The number of hydrogen-bond acceptors (Lipinski definition) is 1. The van der Waals surface area contributed by atoms with E-state index in [0.717, 1.165) is 12.8 Å². The van der Waals surface area contributed by atoms with Crippen LogP contribution in [0.4, 0.5) is 0 Å². The van der Waals surface area contributed by atoms with Crippen LogP contribution in [0.3, 0.4) is 0 Å². The van der Waals surface area contributed by atoms with E-state index in [1.165, 1.54) is 16.7 Å². The van der Waals surface area contributed by atoms with Crippen molar-refractivity contribution in [3.8, 4) is 0 Å². The summed E-state index contributed by atoms with van der Waals surface area (Å²) < 4.78 is 0. The molecule has 1 nitrogen and oxygen atoms in total. The molecule has 78 valence electrons. The molecule has 0 aliphatic carbocycles. The van der Waals surface area contributed by atoms with Crippen molar-refractivity contribution in [1.29, 1.82) is 0 Å². The van der Waals surface area contributed by atoms with E-state index in [4.69, 9.17) is 5.11 Å². The minimum Gasteiger partial charge on any atom is -0.396 e. The summed E-state index contributed by atoms with van der Waals surface area (Å²) in [5, 5.41) is 8.99. The third kappa shape index (κ3) is 2.36. The van der Waals surface area contributed by atoms with Crippen molar-refractivity contribution in [2.75, 3.05) is 6.61 Å². The second kappa shape index (κ2) is 5.16. The van der Waals surface area contributed by atoms with E-state index in [2.05, 4.69) is 39.0 Å². The minimum absolute atomic E-state index is 0.284. The Hall–Kier alpha value is -0.820. The van der Waals surface area contributed by atoms with Gasteiger partial charge in [0.1, 0.15) is 0 Å². The first-order valence-corrected chi connectivity index (χ1v) is 5.37. The largest absolute Gasteiger partial charge is 0.396 e. The van der Waals surface area contributed by atoms with Crippen molar-refractivity contribution < 1.29 is 5.11 Å². The molecule has 1 aromatic rings. The first kappa shape index (κ1) is 11.3. The lowest BCUT2D eigenvalue weighted by Gasteiger charge is -2.17. The molecule has 14 heavy (non-hydrogen) atoms. The van der Waals surface area contributed by atoms with Crippen molar-refractivity contribution in [3.63, 3.8) is 0 Å². The molecule has 0 radical (unpaired) electrons. The van der Waals surface area contributed by atoms with Gasteiger partial charge in [0.2, 0.25) is 0 Å². The molecule has 0 aromatic heterocycles. The summed E-state index contributed by atoms with van der Waals surface area (Å²) in [5.74, 6) is 0.514. The summed E-state index contributed by atoms with van der Waals surface area (Å²) in [7, 11) is 0. The highest BCUT2D eigenvalue weighted by molar-refractivity contribution is 5.35. The van der Waals surface area contributed by atoms with Crippen LogP contribution in [0.1, 0.15) is 42.4 Å². The molecule has 0 spiro atoms. The highest BCUT2D eigenvalue weighted by Gasteiger charge is 2.11. The predicted octanol–water partition coefficient (Wildman–Crippen LogP) is 3.18. The monoisotopic (exact) mass is 192 g/mol. The van der Waals surface area contributed by atoms with Crippen molar-refractivity contribution in [2.24, 2.45) is 0 Å². The maximum atomic E-state index is 8.99. The highest BCUT2D eigenvalue weighted by Crippen LogP contribution is 2.27. The first-order valence-electron chi connectivity index (χ1n) is 5.37. The predicted molar refractivity (Wildman–Crippen MR) is 60.7 cm³/mol. The van der Waals surface area contributed by atoms with Gasteiger partial charge in [-0.1, -0.05) is 25.1 Å². The van der Waals surface area contributed by atoms with Crippen LogP contribution in [-0.4, -0.2) is 11.7 Å². The van der Waals surface area contributed by atoms with E-state index < -0.39 is 0 Å². The van der Waals surface area contributed by atoms with E-state index >= 15 is 0 Å². The van der Waals surface area contributed by atoms with Crippen LogP contribution < -0.4 is 0 Å². The second-order valence-electron chi connectivity index (χ2n) is 3.91. The van der Waals surface area contributed by atoms with Gasteiger partial charge in [0.05, 0.1) is 0 Å². The van der Waals surface area contributed by atoms with Gasteiger partial charge in [0.15, 0.2) is 0 Å². The lowest BCUT2D eigenvalue weighted by Crippen LogP contribution is -2.03. The molecule has 1 N–H and O–H groups in total. The summed E-state index contributed by atoms with van der Waals surface area (Å²) in [6, 6.07) is 6.44. The van der Waals surface area contributed by atoms with Gasteiger partial charge in [-0.25, -0.2) is 0 Å². The molecule has 1 atom stereocenters. The Morgan fingerprint density at radius 2 is 2.00 bits per heavy atom. The highest BCUT2D eigenvalue weighted by atomic mass is 16.3. The molecule has 0 saturated heterocycles. The second-order valence-corrected chi connectivity index (χ2v) is 3.91. The molecule has 0 amide bonds. The number of aliphatic hydroxyl groups is 1. The quantitative estimate of drug-likeness (QED) is 0.776. The zero-order chi connectivity index (χ0) is 10.6. The average molecular weight is 192 g/mol. The van der Waals surface area contributed by atoms with Gasteiger partial charge < -0.3 is 5.11 Å². The van der Waals surface area contributed by atoms with Gasteiger partial charge in [-0.3, -0.25) is 0 Å². The van der Waals surface area contributed by atoms with E-state index in [0.29, 0.717) is 5.92 Å². The summed E-state index contributed by atoms with van der Waals surface area (Å²) in [6.07, 6.45) is 1.98. The fourth-order valence-corrected chi connectivity index (χ4v) is 1.95. The van der Waals surface area contributed by atoms with Crippen LogP contribution in [0.5, 0.6) is 0 Å². The fourth-order valence-electron chi connectivity index (χ4n) is 1.95. The van der Waals surface area contributed by atoms with Crippen LogP contribution in [-0.2, 0) is 0 Å². The zero-order valence-electron chi connectivity index (χ0n) is 9.38. The normalized spacial score (nSPS) is 12.9. The maximum Gasteiger partial charge on any atom is 0.0436 e. The number of hydrogen-bond donors (Lipinski definition) is 1. The Morgan fingerprint density at radius 1 is 1.29 bits per heavy atom. The molecule has 0 aliphatic rings.